The highest BCUT2D eigenvalue weighted by atomic mass is 15.1. The molecule has 1 fully saturated rings. The summed E-state index contributed by atoms with van der Waals surface area (Å²) >= 11 is 0. The van der Waals surface area contributed by atoms with Gasteiger partial charge in [-0.05, 0) is 70.1 Å². The third-order valence-electron chi connectivity index (χ3n) is 3.74. The summed E-state index contributed by atoms with van der Waals surface area (Å²) in [6.45, 7) is 9.48. The van der Waals surface area contributed by atoms with Crippen molar-refractivity contribution in [2.75, 3.05) is 26.2 Å². The van der Waals surface area contributed by atoms with Gasteiger partial charge in [0.25, 0.3) is 0 Å². The van der Waals surface area contributed by atoms with Crippen LogP contribution in [0.1, 0.15) is 46.0 Å². The molecule has 0 aliphatic carbocycles. The average Bonchev–Trinajstić information content (AvgIpc) is 2.44. The molecule has 0 aromatic carbocycles. The normalized spacial score (nSPS) is 24.4. The maximum absolute atomic E-state index is 5.52. The molecule has 90 valence electrons. The molecule has 1 saturated heterocycles. The van der Waals surface area contributed by atoms with E-state index in [9.17, 15) is 0 Å². The molecule has 2 heteroatoms. The SMILES string of the molecule is CC(C)C1CCCN(CCCCN)CC1. The molecule has 1 unspecified atom stereocenters. The molecule has 1 aliphatic heterocycles. The van der Waals surface area contributed by atoms with Crippen LogP contribution in [0.3, 0.4) is 0 Å². The molecule has 15 heavy (non-hydrogen) atoms. The fourth-order valence-corrected chi connectivity index (χ4v) is 2.55. The number of likely N-dealkylation sites (tertiary alicyclic amines) is 1. The molecule has 0 radical (unpaired) electrons. The lowest BCUT2D eigenvalue weighted by Crippen LogP contribution is -2.26. The minimum Gasteiger partial charge on any atom is -0.330 e. The van der Waals surface area contributed by atoms with Gasteiger partial charge in [0.1, 0.15) is 0 Å². The minimum atomic E-state index is 0.850. The molecular weight excluding hydrogens is 184 g/mol. The zero-order chi connectivity index (χ0) is 11.1. The van der Waals surface area contributed by atoms with Crippen LogP contribution in [0.15, 0.2) is 0 Å². The molecule has 2 nitrogen and oxygen atoms in total. The molecule has 0 amide bonds. The van der Waals surface area contributed by atoms with Crippen LogP contribution in [0, 0.1) is 11.8 Å². The van der Waals surface area contributed by atoms with Gasteiger partial charge in [0, 0.05) is 0 Å². The van der Waals surface area contributed by atoms with Crippen LogP contribution in [0.2, 0.25) is 0 Å². The van der Waals surface area contributed by atoms with Crippen LogP contribution in [-0.4, -0.2) is 31.1 Å². The Labute approximate surface area is 95.2 Å². The number of nitrogens with two attached hydrogens (primary N) is 1. The minimum absolute atomic E-state index is 0.850. The smallest absolute Gasteiger partial charge is 0.00160 e. The second-order valence-electron chi connectivity index (χ2n) is 5.27. The summed E-state index contributed by atoms with van der Waals surface area (Å²) in [7, 11) is 0. The van der Waals surface area contributed by atoms with E-state index in [4.69, 9.17) is 5.73 Å². The lowest BCUT2D eigenvalue weighted by molar-refractivity contribution is 0.267. The van der Waals surface area contributed by atoms with Crippen molar-refractivity contribution in [2.24, 2.45) is 17.6 Å². The van der Waals surface area contributed by atoms with Gasteiger partial charge < -0.3 is 10.6 Å². The number of unbranched alkanes of at least 4 members (excludes halogenated alkanes) is 1. The van der Waals surface area contributed by atoms with Crippen LogP contribution in [0.25, 0.3) is 0 Å². The highest BCUT2D eigenvalue weighted by molar-refractivity contribution is 4.72. The third-order valence-corrected chi connectivity index (χ3v) is 3.74. The topological polar surface area (TPSA) is 29.3 Å². The Bertz CT molecular complexity index is 157. The Kier molecular flexibility index (Phi) is 6.26. The van der Waals surface area contributed by atoms with Gasteiger partial charge in [-0.2, -0.15) is 0 Å². The first kappa shape index (κ1) is 13.0. The van der Waals surface area contributed by atoms with Crippen LogP contribution < -0.4 is 5.73 Å². The van der Waals surface area contributed by atoms with Crippen LogP contribution in [0.4, 0.5) is 0 Å². The highest BCUT2D eigenvalue weighted by Gasteiger charge is 2.18. The van der Waals surface area contributed by atoms with Crippen molar-refractivity contribution in [3.8, 4) is 0 Å². The fourth-order valence-electron chi connectivity index (χ4n) is 2.55. The third kappa shape index (κ3) is 4.98. The van der Waals surface area contributed by atoms with Gasteiger partial charge >= 0.3 is 0 Å². The summed E-state index contributed by atoms with van der Waals surface area (Å²) < 4.78 is 0. The summed E-state index contributed by atoms with van der Waals surface area (Å²) in [5.41, 5.74) is 5.52. The summed E-state index contributed by atoms with van der Waals surface area (Å²) in [6.07, 6.45) is 6.70. The Morgan fingerprint density at radius 3 is 2.67 bits per heavy atom. The molecule has 0 spiro atoms. The highest BCUT2D eigenvalue weighted by Crippen LogP contribution is 2.24. The number of rotatable bonds is 5. The molecule has 0 bridgehead atoms. The second kappa shape index (κ2) is 7.24. The Morgan fingerprint density at radius 1 is 1.20 bits per heavy atom. The van der Waals surface area contributed by atoms with Crippen molar-refractivity contribution >= 4 is 0 Å². The van der Waals surface area contributed by atoms with Gasteiger partial charge in [-0.1, -0.05) is 13.8 Å². The zero-order valence-corrected chi connectivity index (χ0v) is 10.5. The lowest BCUT2D eigenvalue weighted by Gasteiger charge is -2.21. The average molecular weight is 212 g/mol. The first-order valence-electron chi connectivity index (χ1n) is 6.66. The standard InChI is InChI=1S/C13H28N2/c1-12(2)13-6-5-10-15(11-7-13)9-4-3-8-14/h12-13H,3-11,14H2,1-2H3. The molecule has 1 heterocycles. The van der Waals surface area contributed by atoms with E-state index >= 15 is 0 Å². The largest absolute Gasteiger partial charge is 0.330 e. The molecule has 2 N–H and O–H groups in total. The quantitative estimate of drug-likeness (QED) is 0.709. The Balaban J connectivity index is 2.20. The van der Waals surface area contributed by atoms with Gasteiger partial charge in [0.15, 0.2) is 0 Å². The number of nitrogens with zero attached hydrogens (tertiary/aromatic N) is 1. The van der Waals surface area contributed by atoms with Crippen LogP contribution in [-0.2, 0) is 0 Å². The maximum atomic E-state index is 5.52. The van der Waals surface area contributed by atoms with Gasteiger partial charge in [-0.3, -0.25) is 0 Å². The van der Waals surface area contributed by atoms with Gasteiger partial charge in [-0.15, -0.1) is 0 Å². The monoisotopic (exact) mass is 212 g/mol. The number of hydrogen-bond donors (Lipinski definition) is 1. The van der Waals surface area contributed by atoms with Crippen molar-refractivity contribution in [1.29, 1.82) is 0 Å². The first-order chi connectivity index (χ1) is 7.24. The van der Waals surface area contributed by atoms with E-state index in [-0.39, 0.29) is 0 Å². The zero-order valence-electron chi connectivity index (χ0n) is 10.5. The van der Waals surface area contributed by atoms with Crippen molar-refractivity contribution in [2.45, 2.75) is 46.0 Å². The van der Waals surface area contributed by atoms with Gasteiger partial charge in [-0.25, -0.2) is 0 Å². The molecule has 0 aromatic heterocycles. The maximum Gasteiger partial charge on any atom is -0.00160 e. The molecule has 1 atom stereocenters. The van der Waals surface area contributed by atoms with E-state index in [2.05, 4.69) is 18.7 Å². The summed E-state index contributed by atoms with van der Waals surface area (Å²) in [4.78, 5) is 2.64. The molecule has 0 aromatic rings. The van der Waals surface area contributed by atoms with E-state index in [0.717, 1.165) is 18.4 Å². The number of hydrogen-bond acceptors (Lipinski definition) is 2. The Hall–Kier alpha value is -0.0800. The van der Waals surface area contributed by atoms with Crippen molar-refractivity contribution < 1.29 is 0 Å². The molecular formula is C13H28N2. The predicted molar refractivity (Wildman–Crippen MR) is 66.9 cm³/mol. The van der Waals surface area contributed by atoms with E-state index < -0.39 is 0 Å². The second-order valence-corrected chi connectivity index (χ2v) is 5.27. The van der Waals surface area contributed by atoms with Gasteiger partial charge in [0.2, 0.25) is 0 Å². The molecule has 1 aliphatic rings. The van der Waals surface area contributed by atoms with Crippen LogP contribution >= 0.6 is 0 Å². The first-order valence-corrected chi connectivity index (χ1v) is 6.66. The molecule has 1 rings (SSSR count). The summed E-state index contributed by atoms with van der Waals surface area (Å²) in [6, 6.07) is 0. The van der Waals surface area contributed by atoms with Crippen molar-refractivity contribution in [1.82, 2.24) is 4.90 Å². The van der Waals surface area contributed by atoms with E-state index in [1.54, 1.807) is 0 Å². The Morgan fingerprint density at radius 2 is 2.00 bits per heavy atom. The van der Waals surface area contributed by atoms with Crippen LogP contribution in [0.5, 0.6) is 0 Å². The van der Waals surface area contributed by atoms with E-state index in [1.165, 1.54) is 51.7 Å². The van der Waals surface area contributed by atoms with Crippen molar-refractivity contribution in [3.05, 3.63) is 0 Å². The predicted octanol–water partition coefficient (Wildman–Crippen LogP) is 2.48. The van der Waals surface area contributed by atoms with Gasteiger partial charge in [0.05, 0.1) is 0 Å². The fraction of sp³-hybridized carbons (Fsp3) is 1.00. The van der Waals surface area contributed by atoms with Crippen molar-refractivity contribution in [3.63, 3.8) is 0 Å². The lowest BCUT2D eigenvalue weighted by atomic mass is 9.89. The summed E-state index contributed by atoms with van der Waals surface area (Å²) in [5, 5.41) is 0. The summed E-state index contributed by atoms with van der Waals surface area (Å²) in [5.74, 6) is 1.83. The molecule has 0 saturated carbocycles. The van der Waals surface area contributed by atoms with E-state index in [1.807, 2.05) is 0 Å². The van der Waals surface area contributed by atoms with E-state index in [0.29, 0.717) is 0 Å².